The maximum atomic E-state index is 12.9. The standard InChI is InChI=1S/C21H20F2N2O5S/c1-12-16-8-13(18(26)24-21(2)10-31(28,29)11-21)6-7-17(16)25(19(12)27)14-4-3-5-15(9-14)30-20(22)23/h3-9,12,20H,10-11H2,1-2H3,(H,24,26). The van der Waals surface area contributed by atoms with Gasteiger partial charge in [-0.15, -0.1) is 0 Å². The number of carbonyl (C=O) groups excluding carboxylic acids is 2. The number of anilines is 2. The number of nitrogens with one attached hydrogen (secondary N) is 1. The van der Waals surface area contributed by atoms with Crippen molar-refractivity contribution >= 4 is 33.0 Å². The number of halogens is 2. The summed E-state index contributed by atoms with van der Waals surface area (Å²) in [6.07, 6.45) is 0. The summed E-state index contributed by atoms with van der Waals surface area (Å²) in [5, 5.41) is 2.75. The van der Waals surface area contributed by atoms with Crippen LogP contribution in [0, 0.1) is 0 Å². The Morgan fingerprint density at radius 3 is 2.58 bits per heavy atom. The van der Waals surface area contributed by atoms with E-state index in [4.69, 9.17) is 0 Å². The van der Waals surface area contributed by atoms with E-state index < -0.39 is 33.8 Å². The van der Waals surface area contributed by atoms with E-state index in [1.807, 2.05) is 0 Å². The molecule has 1 atom stereocenters. The topological polar surface area (TPSA) is 92.8 Å². The molecule has 1 saturated heterocycles. The van der Waals surface area contributed by atoms with E-state index in [9.17, 15) is 26.8 Å². The van der Waals surface area contributed by atoms with Gasteiger partial charge in [-0.25, -0.2) is 8.42 Å². The van der Waals surface area contributed by atoms with Crippen molar-refractivity contribution in [3.05, 3.63) is 53.6 Å². The molecule has 2 aromatic carbocycles. The number of ether oxygens (including phenoxy) is 1. The first-order valence-electron chi connectivity index (χ1n) is 9.54. The SMILES string of the molecule is CC1C(=O)N(c2cccc(OC(F)F)c2)c2ccc(C(=O)NC3(C)CS(=O)(=O)C3)cc21. The van der Waals surface area contributed by atoms with Crippen LogP contribution in [-0.2, 0) is 14.6 Å². The minimum absolute atomic E-state index is 0.0684. The molecule has 0 aliphatic carbocycles. The van der Waals surface area contributed by atoms with Gasteiger partial charge in [-0.3, -0.25) is 14.5 Å². The molecule has 2 heterocycles. The summed E-state index contributed by atoms with van der Waals surface area (Å²) in [7, 11) is -3.11. The molecule has 0 bridgehead atoms. The first-order chi connectivity index (χ1) is 14.5. The molecule has 1 N–H and O–H groups in total. The Bertz CT molecular complexity index is 1170. The van der Waals surface area contributed by atoms with Crippen molar-refractivity contribution in [3.63, 3.8) is 0 Å². The zero-order chi connectivity index (χ0) is 22.6. The molecule has 4 rings (SSSR count). The van der Waals surface area contributed by atoms with Crippen LogP contribution < -0.4 is 15.0 Å². The predicted molar refractivity (Wildman–Crippen MR) is 110 cm³/mol. The molecule has 1 fully saturated rings. The van der Waals surface area contributed by atoms with E-state index >= 15 is 0 Å². The number of fused-ring (bicyclic) bond motifs is 1. The normalized spacial score (nSPS) is 20.9. The van der Waals surface area contributed by atoms with Crippen LogP contribution in [0.15, 0.2) is 42.5 Å². The van der Waals surface area contributed by atoms with Crippen molar-refractivity contribution < 1.29 is 31.5 Å². The van der Waals surface area contributed by atoms with Crippen LogP contribution in [-0.4, -0.2) is 43.9 Å². The third-order valence-electron chi connectivity index (χ3n) is 5.38. The van der Waals surface area contributed by atoms with Crippen molar-refractivity contribution in [1.29, 1.82) is 0 Å². The van der Waals surface area contributed by atoms with Crippen LogP contribution in [0.1, 0.15) is 35.7 Å². The third kappa shape index (κ3) is 3.99. The first-order valence-corrected chi connectivity index (χ1v) is 11.4. The highest BCUT2D eigenvalue weighted by Gasteiger charge is 2.46. The second-order valence-corrected chi connectivity index (χ2v) is 10.2. The van der Waals surface area contributed by atoms with Gasteiger partial charge in [0.1, 0.15) is 5.75 Å². The monoisotopic (exact) mass is 450 g/mol. The number of amides is 2. The largest absolute Gasteiger partial charge is 0.435 e. The van der Waals surface area contributed by atoms with Gasteiger partial charge in [0.2, 0.25) is 5.91 Å². The number of sulfone groups is 1. The van der Waals surface area contributed by atoms with E-state index in [0.29, 0.717) is 22.5 Å². The van der Waals surface area contributed by atoms with Gasteiger partial charge in [0.05, 0.1) is 34.3 Å². The van der Waals surface area contributed by atoms with Crippen molar-refractivity contribution in [2.24, 2.45) is 0 Å². The second-order valence-electron chi connectivity index (χ2n) is 8.09. The number of alkyl halides is 2. The molecule has 1 unspecified atom stereocenters. The van der Waals surface area contributed by atoms with Crippen LogP contribution in [0.25, 0.3) is 0 Å². The Balaban J connectivity index is 1.61. The fourth-order valence-corrected chi connectivity index (χ4v) is 6.10. The van der Waals surface area contributed by atoms with Crippen molar-refractivity contribution in [1.82, 2.24) is 5.32 Å². The van der Waals surface area contributed by atoms with E-state index in [0.717, 1.165) is 0 Å². The van der Waals surface area contributed by atoms with Gasteiger partial charge < -0.3 is 10.1 Å². The quantitative estimate of drug-likeness (QED) is 0.756. The Hall–Kier alpha value is -3.01. The molecule has 2 aliphatic rings. The minimum atomic E-state index is -3.11. The van der Waals surface area contributed by atoms with E-state index in [-0.39, 0.29) is 23.2 Å². The molecule has 0 saturated carbocycles. The number of benzene rings is 2. The van der Waals surface area contributed by atoms with Gasteiger partial charge in [0.15, 0.2) is 9.84 Å². The summed E-state index contributed by atoms with van der Waals surface area (Å²) in [6, 6.07) is 10.6. The molecule has 7 nitrogen and oxygen atoms in total. The molecule has 31 heavy (non-hydrogen) atoms. The van der Waals surface area contributed by atoms with Gasteiger partial charge in [-0.2, -0.15) is 8.78 Å². The molecule has 0 radical (unpaired) electrons. The van der Waals surface area contributed by atoms with Crippen molar-refractivity contribution in [2.45, 2.75) is 31.9 Å². The molecule has 2 aromatic rings. The highest BCUT2D eigenvalue weighted by molar-refractivity contribution is 7.93. The molecule has 2 aliphatic heterocycles. The summed E-state index contributed by atoms with van der Waals surface area (Å²) in [4.78, 5) is 27.0. The number of hydrogen-bond acceptors (Lipinski definition) is 5. The van der Waals surface area contributed by atoms with E-state index in [1.54, 1.807) is 38.1 Å². The fraction of sp³-hybridized carbons (Fsp3) is 0.333. The van der Waals surface area contributed by atoms with Gasteiger partial charge in [0.25, 0.3) is 5.91 Å². The highest BCUT2D eigenvalue weighted by atomic mass is 32.2. The minimum Gasteiger partial charge on any atom is -0.435 e. The maximum Gasteiger partial charge on any atom is 0.387 e. The maximum absolute atomic E-state index is 12.9. The smallest absolute Gasteiger partial charge is 0.387 e. The van der Waals surface area contributed by atoms with Crippen LogP contribution in [0.2, 0.25) is 0 Å². The Morgan fingerprint density at radius 1 is 1.23 bits per heavy atom. The summed E-state index contributed by atoms with van der Waals surface area (Å²) in [6.45, 7) is 0.383. The average molecular weight is 450 g/mol. The lowest BCUT2D eigenvalue weighted by molar-refractivity contribution is -0.118. The van der Waals surface area contributed by atoms with Crippen LogP contribution in [0.3, 0.4) is 0 Å². The van der Waals surface area contributed by atoms with Crippen LogP contribution >= 0.6 is 0 Å². The molecule has 0 spiro atoms. The summed E-state index contributed by atoms with van der Waals surface area (Å²) < 4.78 is 52.4. The number of hydrogen-bond donors (Lipinski definition) is 1. The molecular weight excluding hydrogens is 430 g/mol. The van der Waals surface area contributed by atoms with Gasteiger partial charge in [-0.05, 0) is 49.7 Å². The lowest BCUT2D eigenvalue weighted by Gasteiger charge is -2.38. The van der Waals surface area contributed by atoms with Crippen LogP contribution in [0.4, 0.5) is 20.2 Å². The van der Waals surface area contributed by atoms with Gasteiger partial charge >= 0.3 is 6.61 Å². The zero-order valence-electron chi connectivity index (χ0n) is 16.8. The Labute approximate surface area is 177 Å². The zero-order valence-corrected chi connectivity index (χ0v) is 17.6. The summed E-state index contributed by atoms with van der Waals surface area (Å²) >= 11 is 0. The number of carbonyl (C=O) groups is 2. The lowest BCUT2D eigenvalue weighted by Crippen LogP contribution is -2.63. The van der Waals surface area contributed by atoms with Crippen molar-refractivity contribution in [2.75, 3.05) is 16.4 Å². The summed E-state index contributed by atoms with van der Waals surface area (Å²) in [5.74, 6) is -1.54. The van der Waals surface area contributed by atoms with Crippen LogP contribution in [0.5, 0.6) is 5.75 Å². The molecule has 0 aromatic heterocycles. The van der Waals surface area contributed by atoms with Gasteiger partial charge in [-0.1, -0.05) is 6.07 Å². The number of nitrogens with zero attached hydrogens (tertiary/aromatic N) is 1. The highest BCUT2D eigenvalue weighted by Crippen LogP contribution is 2.43. The molecule has 2 amide bonds. The molecular formula is C21H20F2N2O5S. The van der Waals surface area contributed by atoms with Gasteiger partial charge in [0, 0.05) is 11.6 Å². The van der Waals surface area contributed by atoms with E-state index in [1.165, 1.54) is 23.1 Å². The third-order valence-corrected chi connectivity index (χ3v) is 7.54. The lowest BCUT2D eigenvalue weighted by atomic mass is 9.99. The average Bonchev–Trinajstić information content (AvgIpc) is 2.89. The summed E-state index contributed by atoms with van der Waals surface area (Å²) in [5.41, 5.74) is 1.02. The Morgan fingerprint density at radius 2 is 1.94 bits per heavy atom. The fourth-order valence-electron chi connectivity index (χ4n) is 4.10. The first kappa shape index (κ1) is 21.2. The molecule has 10 heteroatoms. The predicted octanol–water partition coefficient (Wildman–Crippen LogP) is 2.99. The Kier molecular flexibility index (Phi) is 5.00. The number of rotatable bonds is 5. The second kappa shape index (κ2) is 7.30. The van der Waals surface area contributed by atoms with Crippen molar-refractivity contribution in [3.8, 4) is 5.75 Å². The molecule has 164 valence electrons. The van der Waals surface area contributed by atoms with E-state index in [2.05, 4.69) is 10.1 Å².